The van der Waals surface area contributed by atoms with Gasteiger partial charge >= 0.3 is 12.1 Å². The molecule has 1 N–H and O–H groups in total. The van der Waals surface area contributed by atoms with Crippen LogP contribution in [0.5, 0.6) is 0 Å². The molecule has 1 aliphatic heterocycles. The highest BCUT2D eigenvalue weighted by atomic mass is 35.5. The Morgan fingerprint density at radius 2 is 2.00 bits per heavy atom. The number of halogens is 4. The normalized spacial score (nSPS) is 14.8. The third-order valence-corrected chi connectivity index (χ3v) is 4.21. The Kier molecular flexibility index (Phi) is 5.46. The Bertz CT molecular complexity index is 727. The third kappa shape index (κ3) is 3.65. The van der Waals surface area contributed by atoms with E-state index in [0.717, 1.165) is 6.92 Å². The van der Waals surface area contributed by atoms with Gasteiger partial charge in [-0.2, -0.15) is 13.2 Å². The number of hydrogen-bond donors (Lipinski definition) is 1. The van der Waals surface area contributed by atoms with Crippen LogP contribution in [0.25, 0.3) is 0 Å². The van der Waals surface area contributed by atoms with Crippen LogP contribution in [0.3, 0.4) is 0 Å². The number of ketones is 1. The zero-order chi connectivity index (χ0) is 18.9. The van der Waals surface area contributed by atoms with Crippen molar-refractivity contribution >= 4 is 29.3 Å². The Morgan fingerprint density at radius 3 is 2.56 bits per heavy atom. The number of carbonyl (C=O) groups is 3. The molecule has 25 heavy (non-hydrogen) atoms. The van der Waals surface area contributed by atoms with E-state index < -0.39 is 29.9 Å². The number of hydrogen-bond acceptors (Lipinski definition) is 4. The Morgan fingerprint density at radius 1 is 1.36 bits per heavy atom. The maximum atomic E-state index is 12.6. The summed E-state index contributed by atoms with van der Waals surface area (Å²) in [4.78, 5) is 36.3. The number of ether oxygens (including phenoxy) is 1. The molecule has 1 amide bonds. The summed E-state index contributed by atoms with van der Waals surface area (Å²) in [7, 11) is 0. The monoisotopic (exact) mass is 380 g/mol. The average molecular weight is 381 g/mol. The predicted octanol–water partition coefficient (Wildman–Crippen LogP) is 2.51. The third-order valence-electron chi connectivity index (χ3n) is 3.85. The lowest BCUT2D eigenvalue weighted by molar-refractivity contribution is -0.156. The summed E-state index contributed by atoms with van der Waals surface area (Å²) in [5.41, 5.74) is 0.147. The molecule has 1 unspecified atom stereocenters. The summed E-state index contributed by atoms with van der Waals surface area (Å²) in [6, 6.07) is -2.19. The fraction of sp³-hybridized carbons (Fsp3) is 0.533. The number of nitrogens with zero attached hydrogens (tertiary/aromatic N) is 1. The van der Waals surface area contributed by atoms with E-state index in [-0.39, 0.29) is 22.9 Å². The molecule has 1 aliphatic rings. The maximum absolute atomic E-state index is 12.6. The molecule has 0 bridgehead atoms. The number of aromatic nitrogens is 1. The minimum Gasteiger partial charge on any atom is -0.462 e. The molecule has 0 radical (unpaired) electrons. The molecular formula is C15H16ClF3N2O4. The summed E-state index contributed by atoms with van der Waals surface area (Å²) in [6.07, 6.45) is -3.63. The molecule has 1 aromatic heterocycles. The second-order valence-electron chi connectivity index (χ2n) is 5.53. The zero-order valence-corrected chi connectivity index (χ0v) is 14.3. The van der Waals surface area contributed by atoms with Crippen LogP contribution < -0.4 is 5.32 Å². The number of Topliss-reactive ketones (excluding diaryl/α,β-unsaturated/α-hetero) is 1. The van der Waals surface area contributed by atoms with Gasteiger partial charge < -0.3 is 14.6 Å². The van der Waals surface area contributed by atoms with Crippen molar-refractivity contribution in [2.45, 2.75) is 45.5 Å². The van der Waals surface area contributed by atoms with E-state index in [2.05, 4.69) is 0 Å². The van der Waals surface area contributed by atoms with E-state index in [0.29, 0.717) is 25.1 Å². The zero-order valence-electron chi connectivity index (χ0n) is 13.5. The minimum absolute atomic E-state index is 0.0129. The summed E-state index contributed by atoms with van der Waals surface area (Å²) in [5.74, 6) is -3.39. The Hall–Kier alpha value is -2.03. The number of rotatable bonds is 5. The summed E-state index contributed by atoms with van der Waals surface area (Å²) < 4.78 is 43.9. The lowest BCUT2D eigenvalue weighted by Crippen LogP contribution is -2.46. The van der Waals surface area contributed by atoms with Crippen LogP contribution in [0.1, 0.15) is 46.8 Å². The van der Waals surface area contributed by atoms with Crippen molar-refractivity contribution in [3.63, 3.8) is 0 Å². The number of esters is 1. The van der Waals surface area contributed by atoms with Gasteiger partial charge in [0.1, 0.15) is 11.7 Å². The van der Waals surface area contributed by atoms with Crippen molar-refractivity contribution in [2.75, 3.05) is 6.61 Å². The minimum atomic E-state index is -4.68. The largest absolute Gasteiger partial charge is 0.462 e. The number of nitrogens with one attached hydrogen (secondary N) is 1. The van der Waals surface area contributed by atoms with Crippen LogP contribution in [0, 0.1) is 0 Å². The van der Waals surface area contributed by atoms with Crippen molar-refractivity contribution in [2.24, 2.45) is 0 Å². The van der Waals surface area contributed by atoms with Crippen LogP contribution >= 0.6 is 11.6 Å². The fourth-order valence-electron chi connectivity index (χ4n) is 2.63. The molecule has 2 rings (SSSR count). The molecule has 138 valence electrons. The molecular weight excluding hydrogens is 365 g/mol. The van der Waals surface area contributed by atoms with Crippen molar-refractivity contribution in [3.05, 3.63) is 22.0 Å². The van der Waals surface area contributed by atoms with E-state index in [1.165, 1.54) is 4.57 Å². The molecule has 6 nitrogen and oxygen atoms in total. The van der Waals surface area contributed by atoms with Crippen molar-refractivity contribution in [3.8, 4) is 0 Å². The first-order valence-corrected chi connectivity index (χ1v) is 7.97. The van der Waals surface area contributed by atoms with Gasteiger partial charge in [0.25, 0.3) is 11.7 Å². The van der Waals surface area contributed by atoms with E-state index in [4.69, 9.17) is 16.3 Å². The van der Waals surface area contributed by atoms with Crippen LogP contribution in [0.2, 0.25) is 5.02 Å². The van der Waals surface area contributed by atoms with Gasteiger partial charge in [0, 0.05) is 12.2 Å². The highest BCUT2D eigenvalue weighted by Gasteiger charge is 2.40. The molecule has 1 atom stereocenters. The highest BCUT2D eigenvalue weighted by molar-refractivity contribution is 6.47. The van der Waals surface area contributed by atoms with Crippen molar-refractivity contribution < 1.29 is 32.3 Å². The molecule has 1 aromatic rings. The van der Waals surface area contributed by atoms with E-state index in [1.54, 1.807) is 12.2 Å². The molecule has 10 heteroatoms. The first-order valence-electron chi connectivity index (χ1n) is 7.59. The molecule has 0 aliphatic carbocycles. The quantitative estimate of drug-likeness (QED) is 0.484. The van der Waals surface area contributed by atoms with Crippen LogP contribution in [-0.2, 0) is 22.5 Å². The van der Waals surface area contributed by atoms with Gasteiger partial charge in [0.15, 0.2) is 0 Å². The van der Waals surface area contributed by atoms with Crippen LogP contribution in [0.15, 0.2) is 0 Å². The summed E-state index contributed by atoms with van der Waals surface area (Å²) >= 11 is 6.10. The molecule has 0 saturated carbocycles. The van der Waals surface area contributed by atoms with Crippen LogP contribution in [0.4, 0.5) is 13.2 Å². The number of fused-ring (bicyclic) bond motifs is 1. The van der Waals surface area contributed by atoms with Gasteiger partial charge in [0.05, 0.1) is 17.2 Å². The predicted molar refractivity (Wildman–Crippen MR) is 81.7 cm³/mol. The lowest BCUT2D eigenvalue weighted by atomic mass is 10.1. The summed E-state index contributed by atoms with van der Waals surface area (Å²) in [5, 5.41) is 1.33. The van der Waals surface area contributed by atoms with Crippen molar-refractivity contribution in [1.82, 2.24) is 9.88 Å². The lowest BCUT2D eigenvalue weighted by Gasteiger charge is -2.16. The highest BCUT2D eigenvalue weighted by Crippen LogP contribution is 2.34. The van der Waals surface area contributed by atoms with Crippen LogP contribution in [-0.4, -0.2) is 41.1 Å². The van der Waals surface area contributed by atoms with Gasteiger partial charge in [-0.25, -0.2) is 4.79 Å². The van der Waals surface area contributed by atoms with Crippen molar-refractivity contribution in [1.29, 1.82) is 0 Å². The first-order chi connectivity index (χ1) is 11.6. The molecule has 0 fully saturated rings. The van der Waals surface area contributed by atoms with Gasteiger partial charge in [-0.15, -0.1) is 0 Å². The molecule has 0 aromatic carbocycles. The second kappa shape index (κ2) is 7.07. The summed E-state index contributed by atoms with van der Waals surface area (Å²) in [6.45, 7) is 2.74. The molecule has 0 saturated heterocycles. The second-order valence-corrected chi connectivity index (χ2v) is 5.90. The standard InChI is InChI=1S/C15H16ClF3N2O4/c1-3-25-14(24)9-8-5-4-6-21(8)11(10(9)16)12(22)13(23)20-7(2)15(17,18)19/h7H,3-6H2,1-2H3,(H,20,23). The smallest absolute Gasteiger partial charge is 0.408 e. The number of carbonyl (C=O) groups excluding carboxylic acids is 3. The molecule has 2 heterocycles. The first kappa shape index (κ1) is 19.3. The Balaban J connectivity index is 2.36. The van der Waals surface area contributed by atoms with Gasteiger partial charge in [-0.1, -0.05) is 11.6 Å². The topological polar surface area (TPSA) is 77.4 Å². The van der Waals surface area contributed by atoms with E-state index in [1.807, 2.05) is 0 Å². The van der Waals surface area contributed by atoms with Gasteiger partial charge in [0.2, 0.25) is 0 Å². The number of amides is 1. The number of alkyl halides is 3. The maximum Gasteiger partial charge on any atom is 0.408 e. The Labute approximate surface area is 146 Å². The SMILES string of the molecule is CCOC(=O)c1c(Cl)c(C(=O)C(=O)NC(C)C(F)(F)F)n2c1CCC2. The fourth-order valence-corrected chi connectivity index (χ4v) is 3.00. The average Bonchev–Trinajstić information content (AvgIpc) is 3.04. The van der Waals surface area contributed by atoms with E-state index >= 15 is 0 Å². The van der Waals surface area contributed by atoms with E-state index in [9.17, 15) is 27.6 Å². The molecule has 0 spiro atoms. The van der Waals surface area contributed by atoms with Gasteiger partial charge in [-0.05, 0) is 26.7 Å². The van der Waals surface area contributed by atoms with Gasteiger partial charge in [-0.3, -0.25) is 9.59 Å².